The van der Waals surface area contributed by atoms with Crippen LogP contribution in [0.5, 0.6) is 0 Å². The van der Waals surface area contributed by atoms with Crippen molar-refractivity contribution in [2.75, 3.05) is 7.11 Å². The Hall–Kier alpha value is -2.59. The van der Waals surface area contributed by atoms with Crippen LogP contribution in [0, 0.1) is 0 Å². The van der Waals surface area contributed by atoms with Gasteiger partial charge in [-0.05, 0) is 23.6 Å². The number of ether oxygens (including phenoxy) is 1. The van der Waals surface area contributed by atoms with Gasteiger partial charge in [0, 0.05) is 36.6 Å². The zero-order chi connectivity index (χ0) is 19.0. The van der Waals surface area contributed by atoms with Gasteiger partial charge in [-0.2, -0.15) is 0 Å². The first-order chi connectivity index (χ1) is 13.2. The largest absolute Gasteiger partial charge is 0.468 e. The van der Waals surface area contributed by atoms with Gasteiger partial charge in [-0.15, -0.1) is 0 Å². The molecule has 0 unspecified atom stereocenters. The molecule has 27 heavy (non-hydrogen) atoms. The molecule has 140 valence electrons. The van der Waals surface area contributed by atoms with Crippen molar-refractivity contribution in [3.63, 3.8) is 0 Å². The molecule has 1 aromatic heterocycles. The molecule has 2 aromatic carbocycles. The lowest BCUT2D eigenvalue weighted by molar-refractivity contribution is -0.149. The second kappa shape index (κ2) is 7.20. The van der Waals surface area contributed by atoms with E-state index in [1.54, 1.807) is 0 Å². The molecule has 0 bridgehead atoms. The zero-order valence-corrected chi connectivity index (χ0v) is 16.2. The van der Waals surface area contributed by atoms with E-state index in [4.69, 9.17) is 4.74 Å². The van der Waals surface area contributed by atoms with Crippen LogP contribution in [-0.2, 0) is 29.5 Å². The van der Waals surface area contributed by atoms with Crippen LogP contribution in [0.1, 0.15) is 36.2 Å². The van der Waals surface area contributed by atoms with Gasteiger partial charge in [-0.3, -0.25) is 9.69 Å². The topological polar surface area (TPSA) is 34.5 Å². The molecule has 1 aliphatic heterocycles. The average Bonchev–Trinajstić information content (AvgIpc) is 3.00. The van der Waals surface area contributed by atoms with E-state index in [0.29, 0.717) is 6.42 Å². The Morgan fingerprint density at radius 3 is 2.52 bits per heavy atom. The molecule has 2 atom stereocenters. The molecule has 0 spiro atoms. The fourth-order valence-electron chi connectivity index (χ4n) is 4.61. The minimum absolute atomic E-state index is 0.150. The number of methoxy groups -OCH3 is 1. The molecule has 4 nitrogen and oxygen atoms in total. The molecule has 0 saturated carbocycles. The molecular formula is C23H26N2O2. The van der Waals surface area contributed by atoms with Gasteiger partial charge in [0.05, 0.1) is 13.2 Å². The van der Waals surface area contributed by atoms with Crippen LogP contribution < -0.4 is 0 Å². The number of hydrogen-bond donors (Lipinski definition) is 0. The van der Waals surface area contributed by atoms with E-state index < -0.39 is 0 Å². The van der Waals surface area contributed by atoms with E-state index in [1.165, 1.54) is 34.8 Å². The van der Waals surface area contributed by atoms with Crippen molar-refractivity contribution < 1.29 is 9.53 Å². The molecule has 3 aromatic rings. The fraction of sp³-hybridized carbons (Fsp3) is 0.348. The van der Waals surface area contributed by atoms with E-state index >= 15 is 0 Å². The molecule has 0 fully saturated rings. The van der Waals surface area contributed by atoms with E-state index in [0.717, 1.165) is 13.0 Å². The van der Waals surface area contributed by atoms with Gasteiger partial charge in [0.1, 0.15) is 6.04 Å². The van der Waals surface area contributed by atoms with Gasteiger partial charge in [-0.25, -0.2) is 0 Å². The third-order valence-corrected chi connectivity index (χ3v) is 5.84. The summed E-state index contributed by atoms with van der Waals surface area (Å²) in [5.74, 6) is -0.150. The zero-order valence-electron chi connectivity index (χ0n) is 16.2. The summed E-state index contributed by atoms with van der Waals surface area (Å²) in [6, 6.07) is 18.8. The number of esters is 1. The predicted octanol–water partition coefficient (Wildman–Crippen LogP) is 4.23. The highest BCUT2D eigenvalue weighted by atomic mass is 16.5. The van der Waals surface area contributed by atoms with Crippen molar-refractivity contribution in [3.8, 4) is 0 Å². The molecule has 2 heterocycles. The average molecular weight is 362 g/mol. The maximum absolute atomic E-state index is 12.7. The number of rotatable bonds is 4. The lowest BCUT2D eigenvalue weighted by atomic mass is 9.89. The molecular weight excluding hydrogens is 336 g/mol. The molecule has 0 aliphatic carbocycles. The molecule has 1 aliphatic rings. The summed E-state index contributed by atoms with van der Waals surface area (Å²) in [7, 11) is 3.63. The van der Waals surface area contributed by atoms with Gasteiger partial charge in [0.2, 0.25) is 0 Å². The number of carbonyl (C=O) groups excluding carboxylic acids is 1. The highest BCUT2D eigenvalue weighted by molar-refractivity contribution is 5.87. The lowest BCUT2D eigenvalue weighted by Gasteiger charge is -2.41. The van der Waals surface area contributed by atoms with Gasteiger partial charge in [0.25, 0.3) is 0 Å². The second-order valence-corrected chi connectivity index (χ2v) is 7.27. The van der Waals surface area contributed by atoms with Crippen LogP contribution >= 0.6 is 0 Å². The Labute approximate surface area is 160 Å². The summed E-state index contributed by atoms with van der Waals surface area (Å²) in [5.41, 5.74) is 5.06. The Kier molecular flexibility index (Phi) is 4.75. The van der Waals surface area contributed by atoms with Crippen LogP contribution in [0.2, 0.25) is 0 Å². The first kappa shape index (κ1) is 17.8. The number of benzene rings is 2. The summed E-state index contributed by atoms with van der Waals surface area (Å²) in [4.78, 5) is 15.0. The highest BCUT2D eigenvalue weighted by Gasteiger charge is 2.40. The molecule has 0 N–H and O–H groups in total. The van der Waals surface area contributed by atoms with Crippen molar-refractivity contribution in [2.45, 2.75) is 38.4 Å². The van der Waals surface area contributed by atoms with Crippen LogP contribution in [-0.4, -0.2) is 28.6 Å². The van der Waals surface area contributed by atoms with E-state index in [-0.39, 0.29) is 18.1 Å². The number of fused-ring (bicyclic) bond motifs is 3. The minimum atomic E-state index is -0.265. The van der Waals surface area contributed by atoms with Crippen molar-refractivity contribution >= 4 is 16.9 Å². The van der Waals surface area contributed by atoms with Gasteiger partial charge in [-0.1, -0.05) is 55.5 Å². The highest BCUT2D eigenvalue weighted by Crippen LogP contribution is 2.41. The Balaban J connectivity index is 1.86. The fourth-order valence-corrected chi connectivity index (χ4v) is 4.61. The van der Waals surface area contributed by atoms with Crippen molar-refractivity contribution in [2.24, 2.45) is 7.05 Å². The molecule has 4 heteroatoms. The number of para-hydroxylation sites is 1. The van der Waals surface area contributed by atoms with Gasteiger partial charge in [0.15, 0.2) is 0 Å². The maximum Gasteiger partial charge on any atom is 0.323 e. The number of hydrogen-bond acceptors (Lipinski definition) is 3. The first-order valence-corrected chi connectivity index (χ1v) is 9.59. The van der Waals surface area contributed by atoms with Crippen LogP contribution in [0.3, 0.4) is 0 Å². The van der Waals surface area contributed by atoms with Gasteiger partial charge >= 0.3 is 5.97 Å². The molecule has 0 amide bonds. The SMILES string of the molecule is CC[C@@H]1c2c(c3ccccc3n2C)C[C@@H](C(=O)OC)N1Cc1ccccc1. The van der Waals surface area contributed by atoms with Gasteiger partial charge < -0.3 is 9.30 Å². The van der Waals surface area contributed by atoms with Crippen molar-refractivity contribution in [3.05, 3.63) is 71.4 Å². The molecule has 4 rings (SSSR count). The Bertz CT molecular complexity index is 961. The molecule has 0 radical (unpaired) electrons. The number of carbonyl (C=O) groups is 1. The van der Waals surface area contributed by atoms with Crippen LogP contribution in [0.4, 0.5) is 0 Å². The van der Waals surface area contributed by atoms with E-state index in [9.17, 15) is 4.79 Å². The van der Waals surface area contributed by atoms with Crippen molar-refractivity contribution in [1.29, 1.82) is 0 Å². The smallest absolute Gasteiger partial charge is 0.323 e. The van der Waals surface area contributed by atoms with E-state index in [2.05, 4.69) is 72.0 Å². The number of aryl methyl sites for hydroxylation is 1. The van der Waals surface area contributed by atoms with Crippen LogP contribution in [0.15, 0.2) is 54.6 Å². The minimum Gasteiger partial charge on any atom is -0.468 e. The summed E-state index contributed by atoms with van der Waals surface area (Å²) in [5, 5.41) is 1.25. The third kappa shape index (κ3) is 2.94. The summed E-state index contributed by atoms with van der Waals surface area (Å²) in [6.45, 7) is 2.93. The van der Waals surface area contributed by atoms with Crippen molar-refractivity contribution in [1.82, 2.24) is 9.47 Å². The number of aromatic nitrogens is 1. The quantitative estimate of drug-likeness (QED) is 0.652. The van der Waals surface area contributed by atoms with E-state index in [1.807, 2.05) is 6.07 Å². The molecule has 0 saturated heterocycles. The summed E-state index contributed by atoms with van der Waals surface area (Å²) < 4.78 is 7.51. The summed E-state index contributed by atoms with van der Waals surface area (Å²) in [6.07, 6.45) is 1.63. The Morgan fingerprint density at radius 1 is 1.11 bits per heavy atom. The Morgan fingerprint density at radius 2 is 1.81 bits per heavy atom. The standard InChI is InChI=1S/C23H26N2O2/c1-4-19-22-18(17-12-8-9-13-20(17)24(22)2)14-21(23(26)27-3)25(19)15-16-10-6-5-7-11-16/h5-13,19,21H,4,14-15H2,1-3H3/t19-,21+/m1/s1. The maximum atomic E-state index is 12.7. The lowest BCUT2D eigenvalue weighted by Crippen LogP contribution is -2.48. The summed E-state index contributed by atoms with van der Waals surface area (Å²) >= 11 is 0. The monoisotopic (exact) mass is 362 g/mol. The van der Waals surface area contributed by atoms with Crippen LogP contribution in [0.25, 0.3) is 10.9 Å². The third-order valence-electron chi connectivity index (χ3n) is 5.84. The number of nitrogens with zero attached hydrogens (tertiary/aromatic N) is 2. The second-order valence-electron chi connectivity index (χ2n) is 7.27. The normalized spacial score (nSPS) is 19.8. The predicted molar refractivity (Wildman–Crippen MR) is 107 cm³/mol. The first-order valence-electron chi connectivity index (χ1n) is 9.59.